The van der Waals surface area contributed by atoms with E-state index in [4.69, 9.17) is 11.6 Å². The highest BCUT2D eigenvalue weighted by Crippen LogP contribution is 2.31. The van der Waals surface area contributed by atoms with E-state index in [0.717, 1.165) is 20.6 Å². The van der Waals surface area contributed by atoms with E-state index in [0.29, 0.717) is 15.7 Å². The van der Waals surface area contributed by atoms with E-state index < -0.39 is 0 Å². The molecule has 0 aliphatic rings. The topological polar surface area (TPSA) is 42.0 Å². The molecule has 1 aromatic heterocycles. The quantitative estimate of drug-likeness (QED) is 0.597. The van der Waals surface area contributed by atoms with E-state index in [1.807, 2.05) is 31.2 Å². The number of aryl methyl sites for hydroxylation is 1. The van der Waals surface area contributed by atoms with Crippen LogP contribution in [0.2, 0.25) is 5.02 Å². The van der Waals surface area contributed by atoms with Gasteiger partial charge in [0.2, 0.25) is 0 Å². The van der Waals surface area contributed by atoms with Crippen molar-refractivity contribution in [2.24, 2.45) is 0 Å². The Morgan fingerprint density at radius 2 is 1.87 bits per heavy atom. The lowest BCUT2D eigenvalue weighted by atomic mass is 10.1. The van der Waals surface area contributed by atoms with Gasteiger partial charge in [0.05, 0.1) is 16.3 Å². The fourth-order valence-electron chi connectivity index (χ4n) is 2.14. The number of hydrogen-bond acceptors (Lipinski definition) is 3. The molecule has 3 rings (SSSR count). The first-order valence-corrected chi connectivity index (χ1v) is 8.82. The largest absolute Gasteiger partial charge is 0.298 e. The van der Waals surface area contributed by atoms with Crippen molar-refractivity contribution >= 4 is 49.9 Å². The van der Waals surface area contributed by atoms with Crippen molar-refractivity contribution in [3.05, 3.63) is 68.5 Å². The minimum Gasteiger partial charge on any atom is -0.298 e. The minimum absolute atomic E-state index is 0.258. The lowest BCUT2D eigenvalue weighted by molar-refractivity contribution is 0.102. The third-order valence-electron chi connectivity index (χ3n) is 3.25. The molecule has 23 heavy (non-hydrogen) atoms. The summed E-state index contributed by atoms with van der Waals surface area (Å²) in [5.74, 6) is -0.258. The van der Waals surface area contributed by atoms with Crippen LogP contribution in [0.3, 0.4) is 0 Å². The summed E-state index contributed by atoms with van der Waals surface area (Å²) in [4.78, 5) is 17.9. The van der Waals surface area contributed by atoms with E-state index in [9.17, 15) is 4.79 Å². The fraction of sp³-hybridized carbons (Fsp3) is 0.0588. The third-order valence-corrected chi connectivity index (χ3v) is 5.00. The van der Waals surface area contributed by atoms with Gasteiger partial charge in [-0.1, -0.05) is 51.8 Å². The molecule has 0 saturated heterocycles. The van der Waals surface area contributed by atoms with Gasteiger partial charge in [-0.25, -0.2) is 4.98 Å². The molecule has 0 aliphatic carbocycles. The molecule has 0 aliphatic heterocycles. The Morgan fingerprint density at radius 1 is 1.17 bits per heavy atom. The fourth-order valence-corrected chi connectivity index (χ4v) is 3.45. The van der Waals surface area contributed by atoms with Crippen molar-refractivity contribution in [1.29, 1.82) is 0 Å². The molecule has 0 atom stereocenters. The number of aromatic nitrogens is 1. The second-order valence-corrected chi connectivity index (χ2v) is 7.39. The normalized spacial score (nSPS) is 10.6. The molecule has 1 heterocycles. The van der Waals surface area contributed by atoms with Crippen molar-refractivity contribution in [2.45, 2.75) is 6.92 Å². The molecule has 3 aromatic rings. The van der Waals surface area contributed by atoms with Gasteiger partial charge in [0.15, 0.2) is 5.13 Å². The standard InChI is InChI=1S/C17H12BrClN2OS/c1-10-15(11-6-8-12(18)9-7-11)20-17(23-10)21-16(22)13-4-2-3-5-14(13)19/h2-9H,1H3,(H,20,21,22). The van der Waals surface area contributed by atoms with Gasteiger partial charge < -0.3 is 0 Å². The van der Waals surface area contributed by atoms with Crippen molar-refractivity contribution in [2.75, 3.05) is 5.32 Å². The Morgan fingerprint density at radius 3 is 2.57 bits per heavy atom. The molecule has 3 nitrogen and oxygen atoms in total. The second kappa shape index (κ2) is 6.83. The molecule has 0 saturated carbocycles. The number of hydrogen-bond donors (Lipinski definition) is 1. The summed E-state index contributed by atoms with van der Waals surface area (Å²) in [6.07, 6.45) is 0. The molecule has 0 bridgehead atoms. The zero-order valence-electron chi connectivity index (χ0n) is 12.1. The number of amides is 1. The maximum atomic E-state index is 12.3. The van der Waals surface area contributed by atoms with Gasteiger partial charge in [-0.2, -0.15) is 0 Å². The Bertz CT molecular complexity index is 861. The van der Waals surface area contributed by atoms with E-state index in [1.54, 1.807) is 24.3 Å². The van der Waals surface area contributed by atoms with Crippen LogP contribution in [0.4, 0.5) is 5.13 Å². The molecule has 6 heteroatoms. The second-order valence-electron chi connectivity index (χ2n) is 4.86. The summed E-state index contributed by atoms with van der Waals surface area (Å²) in [6, 6.07) is 14.9. The van der Waals surface area contributed by atoms with Gasteiger partial charge in [-0.3, -0.25) is 10.1 Å². The highest BCUT2D eigenvalue weighted by atomic mass is 79.9. The number of carbonyl (C=O) groups is 1. The van der Waals surface area contributed by atoms with Gasteiger partial charge in [-0.15, -0.1) is 11.3 Å². The van der Waals surface area contributed by atoms with Crippen LogP contribution in [0.1, 0.15) is 15.2 Å². The molecular weight excluding hydrogens is 396 g/mol. The summed E-state index contributed by atoms with van der Waals surface area (Å²) in [5, 5.41) is 3.80. The van der Waals surface area contributed by atoms with E-state index in [1.165, 1.54) is 11.3 Å². The highest BCUT2D eigenvalue weighted by molar-refractivity contribution is 9.10. The van der Waals surface area contributed by atoms with Crippen LogP contribution in [0, 0.1) is 6.92 Å². The molecule has 0 spiro atoms. The molecule has 0 radical (unpaired) electrons. The predicted octanol–water partition coefficient (Wildman–Crippen LogP) is 5.79. The van der Waals surface area contributed by atoms with Crippen molar-refractivity contribution in [3.63, 3.8) is 0 Å². The van der Waals surface area contributed by atoms with Crippen LogP contribution in [0.15, 0.2) is 53.0 Å². The SMILES string of the molecule is Cc1sc(NC(=O)c2ccccc2Cl)nc1-c1ccc(Br)cc1. The lowest BCUT2D eigenvalue weighted by Gasteiger charge is -2.03. The zero-order valence-corrected chi connectivity index (χ0v) is 15.3. The van der Waals surface area contributed by atoms with Gasteiger partial charge in [-0.05, 0) is 31.2 Å². The van der Waals surface area contributed by atoms with Crippen molar-refractivity contribution in [3.8, 4) is 11.3 Å². The predicted molar refractivity (Wildman–Crippen MR) is 99.4 cm³/mol. The number of anilines is 1. The third kappa shape index (κ3) is 3.63. The van der Waals surface area contributed by atoms with E-state index in [2.05, 4.69) is 26.2 Å². The Hall–Kier alpha value is -1.69. The van der Waals surface area contributed by atoms with Crippen LogP contribution >= 0.6 is 38.9 Å². The lowest BCUT2D eigenvalue weighted by Crippen LogP contribution is -2.12. The van der Waals surface area contributed by atoms with Crippen molar-refractivity contribution in [1.82, 2.24) is 4.98 Å². The number of halogens is 2. The monoisotopic (exact) mass is 406 g/mol. The average Bonchev–Trinajstić information content (AvgIpc) is 2.89. The molecule has 0 fully saturated rings. The molecule has 0 unspecified atom stereocenters. The smallest absolute Gasteiger partial charge is 0.258 e. The Kier molecular flexibility index (Phi) is 4.80. The summed E-state index contributed by atoms with van der Waals surface area (Å²) < 4.78 is 1.02. The summed E-state index contributed by atoms with van der Waals surface area (Å²) in [6.45, 7) is 1.99. The first kappa shape index (κ1) is 16.2. The van der Waals surface area contributed by atoms with Crippen LogP contribution in [0.25, 0.3) is 11.3 Å². The van der Waals surface area contributed by atoms with Crippen molar-refractivity contribution < 1.29 is 4.79 Å². The maximum Gasteiger partial charge on any atom is 0.258 e. The number of nitrogens with zero attached hydrogens (tertiary/aromatic N) is 1. The van der Waals surface area contributed by atoms with Gasteiger partial charge in [0, 0.05) is 14.9 Å². The molecule has 1 amide bonds. The van der Waals surface area contributed by atoms with E-state index in [-0.39, 0.29) is 5.91 Å². The minimum atomic E-state index is -0.258. The van der Waals surface area contributed by atoms with Crippen LogP contribution < -0.4 is 5.32 Å². The molecule has 116 valence electrons. The molecular formula is C17H12BrClN2OS. The zero-order chi connectivity index (χ0) is 16.4. The van der Waals surface area contributed by atoms with E-state index >= 15 is 0 Å². The Labute approximate surface area is 151 Å². The Balaban J connectivity index is 1.85. The highest BCUT2D eigenvalue weighted by Gasteiger charge is 2.14. The van der Waals surface area contributed by atoms with Gasteiger partial charge in [0.1, 0.15) is 0 Å². The first-order chi connectivity index (χ1) is 11.0. The average molecular weight is 408 g/mol. The summed E-state index contributed by atoms with van der Waals surface area (Å²) in [7, 11) is 0. The van der Waals surface area contributed by atoms with Gasteiger partial charge in [0.25, 0.3) is 5.91 Å². The van der Waals surface area contributed by atoms with Gasteiger partial charge >= 0.3 is 0 Å². The summed E-state index contributed by atoms with van der Waals surface area (Å²) in [5.41, 5.74) is 2.32. The van der Waals surface area contributed by atoms with Crippen LogP contribution in [-0.4, -0.2) is 10.9 Å². The number of thiazole rings is 1. The number of rotatable bonds is 3. The van der Waals surface area contributed by atoms with Crippen LogP contribution in [0.5, 0.6) is 0 Å². The molecule has 1 N–H and O–H groups in total. The maximum absolute atomic E-state index is 12.3. The molecule has 2 aromatic carbocycles. The number of nitrogens with one attached hydrogen (secondary N) is 1. The van der Waals surface area contributed by atoms with Crippen LogP contribution in [-0.2, 0) is 0 Å². The first-order valence-electron chi connectivity index (χ1n) is 6.84. The number of benzene rings is 2. The number of carbonyl (C=O) groups excluding carboxylic acids is 1. The summed E-state index contributed by atoms with van der Waals surface area (Å²) >= 11 is 10.9.